The molecule has 0 aromatic heterocycles. The van der Waals surface area contributed by atoms with Crippen molar-refractivity contribution in [3.8, 4) is 0 Å². The molecule has 3 amide bonds. The van der Waals surface area contributed by atoms with Crippen LogP contribution >= 0.6 is 0 Å². The van der Waals surface area contributed by atoms with E-state index >= 15 is 0 Å². The Morgan fingerprint density at radius 1 is 1.16 bits per heavy atom. The molecule has 1 aliphatic heterocycles. The maximum atomic E-state index is 12.2. The van der Waals surface area contributed by atoms with Gasteiger partial charge in [0.05, 0.1) is 18.2 Å². The highest BCUT2D eigenvalue weighted by atomic mass is 16.6. The number of amides is 3. The van der Waals surface area contributed by atoms with Gasteiger partial charge in [0.2, 0.25) is 0 Å². The van der Waals surface area contributed by atoms with Crippen molar-refractivity contribution < 1.29 is 19.2 Å². The van der Waals surface area contributed by atoms with Gasteiger partial charge in [-0.3, -0.25) is 24.1 Å². The summed E-state index contributed by atoms with van der Waals surface area (Å²) in [4.78, 5) is 41.9. The highest BCUT2D eigenvalue weighted by Crippen LogP contribution is 2.29. The van der Waals surface area contributed by atoms with E-state index in [4.69, 9.17) is 0 Å². The Bertz CT molecular complexity index is 531. The molecular weight excluding hydrogens is 248 g/mol. The van der Waals surface area contributed by atoms with Crippen LogP contribution in [0.2, 0.25) is 0 Å². The minimum absolute atomic E-state index is 0.311. The van der Waals surface area contributed by atoms with Crippen LogP contribution in [0.3, 0.4) is 0 Å². The highest BCUT2D eigenvalue weighted by molar-refractivity contribution is 6.23. The largest absolute Gasteiger partial charge is 0.277 e. The first kappa shape index (κ1) is 13.2. The van der Waals surface area contributed by atoms with Gasteiger partial charge in [-0.2, -0.15) is 0 Å². The summed E-state index contributed by atoms with van der Waals surface area (Å²) in [7, 11) is 1.29. The van der Waals surface area contributed by atoms with Gasteiger partial charge in [-0.25, -0.2) is 5.48 Å². The lowest BCUT2D eigenvalue weighted by atomic mass is 10.0. The average molecular weight is 262 g/mol. The second-order valence-corrected chi connectivity index (χ2v) is 4.69. The molecule has 0 atom stereocenters. The Balaban J connectivity index is 2.42. The Kier molecular flexibility index (Phi) is 3.11. The SMILES string of the molecule is CONC(=O)C(C)(C)N1C(=O)c2ccccc2C1=O. The summed E-state index contributed by atoms with van der Waals surface area (Å²) >= 11 is 0. The van der Waals surface area contributed by atoms with Crippen molar-refractivity contribution in [1.82, 2.24) is 10.4 Å². The van der Waals surface area contributed by atoms with E-state index in [0.29, 0.717) is 11.1 Å². The van der Waals surface area contributed by atoms with E-state index < -0.39 is 23.3 Å². The quantitative estimate of drug-likeness (QED) is 0.644. The van der Waals surface area contributed by atoms with Crippen LogP contribution in [0.25, 0.3) is 0 Å². The summed E-state index contributed by atoms with van der Waals surface area (Å²) in [6.45, 7) is 2.98. The normalized spacial score (nSPS) is 14.6. The maximum Gasteiger partial charge on any atom is 0.269 e. The molecular formula is C13H14N2O4. The van der Waals surface area contributed by atoms with E-state index in [2.05, 4.69) is 10.3 Å². The monoisotopic (exact) mass is 262 g/mol. The zero-order valence-corrected chi connectivity index (χ0v) is 10.9. The van der Waals surface area contributed by atoms with E-state index in [1.165, 1.54) is 21.0 Å². The number of benzene rings is 1. The predicted octanol–water partition coefficient (Wildman–Crippen LogP) is 0.739. The molecule has 0 bridgehead atoms. The lowest BCUT2D eigenvalue weighted by Gasteiger charge is -2.31. The third kappa shape index (κ3) is 1.90. The number of nitrogens with zero attached hydrogens (tertiary/aromatic N) is 1. The first-order valence-electron chi connectivity index (χ1n) is 5.72. The number of carbonyl (C=O) groups is 3. The maximum absolute atomic E-state index is 12.2. The molecule has 0 unspecified atom stereocenters. The zero-order chi connectivity index (χ0) is 14.2. The second kappa shape index (κ2) is 4.47. The number of carbonyl (C=O) groups excluding carboxylic acids is 3. The van der Waals surface area contributed by atoms with Crippen molar-refractivity contribution in [1.29, 1.82) is 0 Å². The van der Waals surface area contributed by atoms with Crippen LogP contribution < -0.4 is 5.48 Å². The zero-order valence-electron chi connectivity index (χ0n) is 10.9. The van der Waals surface area contributed by atoms with Gasteiger partial charge in [0, 0.05) is 0 Å². The Morgan fingerprint density at radius 2 is 1.63 bits per heavy atom. The van der Waals surface area contributed by atoms with E-state index in [1.54, 1.807) is 24.3 Å². The number of fused-ring (bicyclic) bond motifs is 1. The molecule has 1 aromatic rings. The molecule has 100 valence electrons. The lowest BCUT2D eigenvalue weighted by molar-refractivity contribution is -0.139. The number of hydrogen-bond acceptors (Lipinski definition) is 4. The summed E-state index contributed by atoms with van der Waals surface area (Å²) in [5, 5.41) is 0. The van der Waals surface area contributed by atoms with Crippen LogP contribution in [0.15, 0.2) is 24.3 Å². The van der Waals surface area contributed by atoms with Gasteiger partial charge in [0.15, 0.2) is 0 Å². The Labute approximate surface area is 110 Å². The Hall–Kier alpha value is -2.21. The van der Waals surface area contributed by atoms with Crippen LogP contribution in [0.4, 0.5) is 0 Å². The van der Waals surface area contributed by atoms with Crippen LogP contribution in [-0.4, -0.2) is 35.3 Å². The molecule has 0 saturated carbocycles. The number of rotatable bonds is 3. The third-order valence-electron chi connectivity index (χ3n) is 3.10. The Morgan fingerprint density at radius 3 is 2.05 bits per heavy atom. The van der Waals surface area contributed by atoms with Crippen LogP contribution in [0.1, 0.15) is 34.6 Å². The standard InChI is InChI=1S/C13H14N2O4/c1-13(2,12(18)14-19-3)15-10(16)8-6-4-5-7-9(8)11(15)17/h4-7H,1-3H3,(H,14,18). The minimum atomic E-state index is -1.33. The molecule has 0 spiro atoms. The predicted molar refractivity (Wildman–Crippen MR) is 66.2 cm³/mol. The second-order valence-electron chi connectivity index (χ2n) is 4.69. The lowest BCUT2D eigenvalue weighted by Crippen LogP contribution is -2.56. The fourth-order valence-corrected chi connectivity index (χ4v) is 2.02. The van der Waals surface area contributed by atoms with Crippen LogP contribution in [0.5, 0.6) is 0 Å². The summed E-state index contributed by atoms with van der Waals surface area (Å²) in [6, 6.07) is 6.49. The first-order valence-corrected chi connectivity index (χ1v) is 5.72. The fraction of sp³-hybridized carbons (Fsp3) is 0.308. The van der Waals surface area contributed by atoms with Crippen molar-refractivity contribution in [2.75, 3.05) is 7.11 Å². The number of imide groups is 1. The molecule has 1 aromatic carbocycles. The summed E-state index contributed by atoms with van der Waals surface area (Å²) in [6.07, 6.45) is 0. The minimum Gasteiger partial charge on any atom is -0.277 e. The van der Waals surface area contributed by atoms with Crippen molar-refractivity contribution in [3.63, 3.8) is 0 Å². The van der Waals surface area contributed by atoms with Gasteiger partial charge < -0.3 is 0 Å². The number of nitrogens with one attached hydrogen (secondary N) is 1. The van der Waals surface area contributed by atoms with Crippen molar-refractivity contribution in [2.24, 2.45) is 0 Å². The molecule has 1 aliphatic rings. The smallest absolute Gasteiger partial charge is 0.269 e. The van der Waals surface area contributed by atoms with Crippen LogP contribution in [0, 0.1) is 0 Å². The third-order valence-corrected chi connectivity index (χ3v) is 3.10. The number of hydroxylamine groups is 1. The fourth-order valence-electron chi connectivity index (χ4n) is 2.02. The van der Waals surface area contributed by atoms with E-state index in [1.807, 2.05) is 0 Å². The molecule has 6 heteroatoms. The molecule has 0 radical (unpaired) electrons. The highest BCUT2D eigenvalue weighted by Gasteiger charge is 2.47. The molecule has 2 rings (SSSR count). The topological polar surface area (TPSA) is 75.7 Å². The average Bonchev–Trinajstić information content (AvgIpc) is 2.63. The summed E-state index contributed by atoms with van der Waals surface area (Å²) < 4.78 is 0. The molecule has 19 heavy (non-hydrogen) atoms. The van der Waals surface area contributed by atoms with Crippen molar-refractivity contribution in [3.05, 3.63) is 35.4 Å². The summed E-state index contributed by atoms with van der Waals surface area (Å²) in [5.41, 5.74) is 1.44. The summed E-state index contributed by atoms with van der Waals surface area (Å²) in [5.74, 6) is -1.52. The molecule has 6 nitrogen and oxygen atoms in total. The van der Waals surface area contributed by atoms with Gasteiger partial charge in [0.1, 0.15) is 5.54 Å². The van der Waals surface area contributed by atoms with Gasteiger partial charge >= 0.3 is 0 Å². The molecule has 0 fully saturated rings. The first-order chi connectivity index (χ1) is 8.91. The van der Waals surface area contributed by atoms with E-state index in [9.17, 15) is 14.4 Å². The van der Waals surface area contributed by atoms with Crippen molar-refractivity contribution >= 4 is 17.7 Å². The van der Waals surface area contributed by atoms with E-state index in [0.717, 1.165) is 4.90 Å². The molecule has 0 aliphatic carbocycles. The van der Waals surface area contributed by atoms with Gasteiger partial charge in [-0.05, 0) is 26.0 Å². The van der Waals surface area contributed by atoms with Gasteiger partial charge in [-0.1, -0.05) is 12.1 Å². The number of hydrogen-bond donors (Lipinski definition) is 1. The van der Waals surface area contributed by atoms with Crippen molar-refractivity contribution in [2.45, 2.75) is 19.4 Å². The van der Waals surface area contributed by atoms with Gasteiger partial charge in [-0.15, -0.1) is 0 Å². The molecule has 1 N–H and O–H groups in total. The molecule has 0 saturated heterocycles. The molecule has 1 heterocycles. The van der Waals surface area contributed by atoms with E-state index in [-0.39, 0.29) is 0 Å². The van der Waals surface area contributed by atoms with Gasteiger partial charge in [0.25, 0.3) is 17.7 Å². The van der Waals surface area contributed by atoms with Crippen LogP contribution in [-0.2, 0) is 9.63 Å².